The van der Waals surface area contributed by atoms with Crippen LogP contribution in [0.15, 0.2) is 24.3 Å². The molecule has 1 aliphatic carbocycles. The first-order valence-electron chi connectivity index (χ1n) is 5.56. The Morgan fingerprint density at radius 3 is 2.29 bits per heavy atom. The predicted octanol–water partition coefficient (Wildman–Crippen LogP) is 2.06. The van der Waals surface area contributed by atoms with Gasteiger partial charge in [-0.3, -0.25) is 0 Å². The van der Waals surface area contributed by atoms with Crippen molar-refractivity contribution in [2.45, 2.75) is 31.6 Å². The molecule has 2 rings (SSSR count). The van der Waals surface area contributed by atoms with Gasteiger partial charge in [0, 0.05) is 0 Å². The maximum atomic E-state index is 11.9. The normalized spacial score (nSPS) is 19.1. The zero-order chi connectivity index (χ0) is 12.4. The minimum Gasteiger partial charge on any atom is -0.435 e. The Hall–Kier alpha value is -1.20. The van der Waals surface area contributed by atoms with Gasteiger partial charge < -0.3 is 15.6 Å². The minimum atomic E-state index is -2.83. The predicted molar refractivity (Wildman–Crippen MR) is 58.7 cm³/mol. The Bertz CT molecular complexity index is 365. The summed E-state index contributed by atoms with van der Waals surface area (Å²) in [5.41, 5.74) is 6.62. The van der Waals surface area contributed by atoms with Crippen molar-refractivity contribution in [2.24, 2.45) is 11.7 Å². The van der Waals surface area contributed by atoms with Gasteiger partial charge in [0.2, 0.25) is 0 Å². The van der Waals surface area contributed by atoms with Gasteiger partial charge in [-0.2, -0.15) is 8.78 Å². The van der Waals surface area contributed by atoms with Crippen molar-refractivity contribution in [1.29, 1.82) is 0 Å². The Morgan fingerprint density at radius 1 is 1.24 bits per heavy atom. The van der Waals surface area contributed by atoms with E-state index in [-0.39, 0.29) is 11.7 Å². The lowest BCUT2D eigenvalue weighted by Crippen LogP contribution is -2.27. The van der Waals surface area contributed by atoms with E-state index in [0.29, 0.717) is 0 Å². The van der Waals surface area contributed by atoms with Crippen LogP contribution in [0.5, 0.6) is 5.75 Å². The van der Waals surface area contributed by atoms with Crippen molar-refractivity contribution in [3.05, 3.63) is 29.8 Å². The van der Waals surface area contributed by atoms with Crippen molar-refractivity contribution in [1.82, 2.24) is 0 Å². The number of nitrogens with two attached hydrogens (primary N) is 1. The van der Waals surface area contributed by atoms with Gasteiger partial charge in [-0.25, -0.2) is 0 Å². The average molecular weight is 243 g/mol. The fraction of sp³-hybridized carbons (Fsp3) is 0.500. The monoisotopic (exact) mass is 243 g/mol. The van der Waals surface area contributed by atoms with Gasteiger partial charge in [-0.1, -0.05) is 12.1 Å². The third-order valence-corrected chi connectivity index (χ3v) is 2.96. The summed E-state index contributed by atoms with van der Waals surface area (Å²) in [6.45, 7) is -2.83. The molecule has 17 heavy (non-hydrogen) atoms. The molecule has 2 atom stereocenters. The lowest BCUT2D eigenvalue weighted by Gasteiger charge is -2.19. The van der Waals surface area contributed by atoms with Crippen molar-refractivity contribution >= 4 is 0 Å². The summed E-state index contributed by atoms with van der Waals surface area (Å²) in [4.78, 5) is 0. The number of hydrogen-bond donors (Lipinski definition) is 2. The molecular weight excluding hydrogens is 228 g/mol. The molecule has 0 saturated heterocycles. The van der Waals surface area contributed by atoms with Crippen LogP contribution in [0.1, 0.15) is 24.4 Å². The summed E-state index contributed by atoms with van der Waals surface area (Å²) in [5.74, 6) is 0.374. The molecule has 1 aromatic rings. The van der Waals surface area contributed by atoms with E-state index in [0.717, 1.165) is 18.4 Å². The Balaban J connectivity index is 2.01. The Kier molecular flexibility index (Phi) is 3.59. The lowest BCUT2D eigenvalue weighted by atomic mass is 9.99. The third kappa shape index (κ3) is 3.14. The highest BCUT2D eigenvalue weighted by molar-refractivity contribution is 5.29. The number of halogens is 2. The van der Waals surface area contributed by atoms with Gasteiger partial charge in [-0.15, -0.1) is 0 Å². The number of hydrogen-bond acceptors (Lipinski definition) is 3. The fourth-order valence-electron chi connectivity index (χ4n) is 1.80. The summed E-state index contributed by atoms with van der Waals surface area (Å²) in [6.07, 6.45) is 1.44. The molecule has 3 N–H and O–H groups in total. The first-order chi connectivity index (χ1) is 8.08. The van der Waals surface area contributed by atoms with Gasteiger partial charge in [0.05, 0.1) is 12.1 Å². The summed E-state index contributed by atoms with van der Waals surface area (Å²) >= 11 is 0. The summed E-state index contributed by atoms with van der Waals surface area (Å²) < 4.78 is 28.1. The van der Waals surface area contributed by atoms with Crippen LogP contribution < -0.4 is 10.5 Å². The van der Waals surface area contributed by atoms with E-state index in [4.69, 9.17) is 5.73 Å². The SMILES string of the molecule is N[C@@H](c1ccc(OC(F)F)cc1)[C@H](O)C1CC1. The van der Waals surface area contributed by atoms with Gasteiger partial charge in [0.25, 0.3) is 0 Å². The van der Waals surface area contributed by atoms with Crippen molar-refractivity contribution in [2.75, 3.05) is 0 Å². The standard InChI is InChI=1S/C12H15F2NO2/c13-12(14)17-9-5-3-7(4-6-9)10(15)11(16)8-1-2-8/h3-6,8,10-12,16H,1-2,15H2/t10-,11+/m0/s1. The van der Waals surface area contributed by atoms with E-state index < -0.39 is 18.8 Å². The van der Waals surface area contributed by atoms with Crippen LogP contribution in [0, 0.1) is 5.92 Å². The second-order valence-corrected chi connectivity index (χ2v) is 4.30. The largest absolute Gasteiger partial charge is 0.435 e. The second-order valence-electron chi connectivity index (χ2n) is 4.30. The maximum absolute atomic E-state index is 11.9. The van der Waals surface area contributed by atoms with E-state index in [1.165, 1.54) is 12.1 Å². The molecular formula is C12H15F2NO2. The molecule has 1 fully saturated rings. The van der Waals surface area contributed by atoms with Crippen molar-refractivity contribution in [3.8, 4) is 5.75 Å². The highest BCUT2D eigenvalue weighted by atomic mass is 19.3. The quantitative estimate of drug-likeness (QED) is 0.832. The lowest BCUT2D eigenvalue weighted by molar-refractivity contribution is -0.0498. The second kappa shape index (κ2) is 4.98. The van der Waals surface area contributed by atoms with Gasteiger partial charge in [-0.05, 0) is 36.5 Å². The highest BCUT2D eigenvalue weighted by Crippen LogP contribution is 2.37. The summed E-state index contributed by atoms with van der Waals surface area (Å²) in [6, 6.07) is 5.60. The number of ether oxygens (including phenoxy) is 1. The zero-order valence-corrected chi connectivity index (χ0v) is 9.22. The summed E-state index contributed by atoms with van der Waals surface area (Å²) in [5, 5.41) is 9.85. The minimum absolute atomic E-state index is 0.0943. The molecule has 0 amide bonds. The maximum Gasteiger partial charge on any atom is 0.387 e. The first-order valence-corrected chi connectivity index (χ1v) is 5.56. The number of aliphatic hydroxyl groups excluding tert-OH is 1. The number of benzene rings is 1. The van der Waals surface area contributed by atoms with Crippen LogP contribution in [0.3, 0.4) is 0 Å². The van der Waals surface area contributed by atoms with E-state index in [2.05, 4.69) is 4.74 Å². The fourth-order valence-corrected chi connectivity index (χ4v) is 1.80. The van der Waals surface area contributed by atoms with Crippen LogP contribution in [0.25, 0.3) is 0 Å². The molecule has 0 heterocycles. The molecule has 0 bridgehead atoms. The third-order valence-electron chi connectivity index (χ3n) is 2.96. The van der Waals surface area contributed by atoms with E-state index >= 15 is 0 Å². The van der Waals surface area contributed by atoms with E-state index in [1.54, 1.807) is 12.1 Å². The molecule has 5 heteroatoms. The van der Waals surface area contributed by atoms with Crippen LogP contribution in [0.4, 0.5) is 8.78 Å². The molecule has 1 saturated carbocycles. The van der Waals surface area contributed by atoms with E-state index in [9.17, 15) is 13.9 Å². The van der Waals surface area contributed by atoms with Gasteiger partial charge in [0.1, 0.15) is 5.75 Å². The molecule has 94 valence electrons. The van der Waals surface area contributed by atoms with Crippen LogP contribution in [-0.4, -0.2) is 17.8 Å². The number of alkyl halides is 2. The summed E-state index contributed by atoms with van der Waals surface area (Å²) in [7, 11) is 0. The van der Waals surface area contributed by atoms with Crippen LogP contribution in [-0.2, 0) is 0 Å². The van der Waals surface area contributed by atoms with Crippen LogP contribution in [0.2, 0.25) is 0 Å². The van der Waals surface area contributed by atoms with Gasteiger partial charge >= 0.3 is 6.61 Å². The van der Waals surface area contributed by atoms with Crippen molar-refractivity contribution in [3.63, 3.8) is 0 Å². The molecule has 3 nitrogen and oxygen atoms in total. The number of rotatable bonds is 5. The number of aliphatic hydroxyl groups is 1. The molecule has 1 aromatic carbocycles. The van der Waals surface area contributed by atoms with Crippen LogP contribution >= 0.6 is 0 Å². The molecule has 0 aromatic heterocycles. The molecule has 0 aliphatic heterocycles. The van der Waals surface area contributed by atoms with E-state index in [1.807, 2.05) is 0 Å². The topological polar surface area (TPSA) is 55.5 Å². The molecule has 0 unspecified atom stereocenters. The Labute approximate surface area is 98.2 Å². The van der Waals surface area contributed by atoms with Crippen molar-refractivity contribution < 1.29 is 18.6 Å². The Morgan fingerprint density at radius 2 is 1.82 bits per heavy atom. The molecule has 0 spiro atoms. The highest BCUT2D eigenvalue weighted by Gasteiger charge is 2.34. The average Bonchev–Trinajstić information content (AvgIpc) is 3.11. The van der Waals surface area contributed by atoms with Gasteiger partial charge in [0.15, 0.2) is 0 Å². The molecule has 1 aliphatic rings. The zero-order valence-electron chi connectivity index (χ0n) is 9.22. The molecule has 0 radical (unpaired) electrons. The first kappa shape index (κ1) is 12.3. The smallest absolute Gasteiger partial charge is 0.387 e.